The number of carbonyl (C=O) groups is 2. The Morgan fingerprint density at radius 2 is 2.03 bits per heavy atom. The lowest BCUT2D eigenvalue weighted by atomic mass is 10.0. The van der Waals surface area contributed by atoms with Crippen LogP contribution in [0.25, 0.3) is 11.3 Å². The summed E-state index contributed by atoms with van der Waals surface area (Å²) in [6.45, 7) is 3.87. The maximum absolute atomic E-state index is 13.1. The number of hydrogen-bond acceptors (Lipinski definition) is 5. The van der Waals surface area contributed by atoms with Gasteiger partial charge in [0.1, 0.15) is 0 Å². The zero-order valence-electron chi connectivity index (χ0n) is 16.4. The number of fused-ring (bicyclic) bond motifs is 1. The van der Waals surface area contributed by atoms with E-state index in [9.17, 15) is 18.0 Å². The van der Waals surface area contributed by atoms with Crippen LogP contribution in [0.15, 0.2) is 18.2 Å². The standard InChI is InChI=1S/C19H23N5O4S/c1-10(12-4-5-12)24-9-14-6-13(15-8-17(22-21-15)20-11(2)25)7-16(18(14)19(24)26)23-29(3,27)28/h6-8,10,12,23H,4-5,9H2,1-3H3,(H2,20,21,22,25)/t10-/m0/s1. The van der Waals surface area contributed by atoms with Crippen molar-refractivity contribution in [3.05, 3.63) is 29.3 Å². The van der Waals surface area contributed by atoms with Crippen molar-refractivity contribution in [1.82, 2.24) is 15.1 Å². The summed E-state index contributed by atoms with van der Waals surface area (Å²) < 4.78 is 26.3. The predicted molar refractivity (Wildman–Crippen MR) is 109 cm³/mol. The van der Waals surface area contributed by atoms with Gasteiger partial charge in [-0.05, 0) is 43.4 Å². The second-order valence-electron chi connectivity index (χ2n) is 7.79. The van der Waals surface area contributed by atoms with Crippen molar-refractivity contribution in [3.63, 3.8) is 0 Å². The molecular formula is C19H23N5O4S. The molecule has 154 valence electrons. The smallest absolute Gasteiger partial charge is 0.256 e. The van der Waals surface area contributed by atoms with Gasteiger partial charge in [0.05, 0.1) is 23.2 Å². The summed E-state index contributed by atoms with van der Waals surface area (Å²) in [4.78, 5) is 26.1. The monoisotopic (exact) mass is 417 g/mol. The van der Waals surface area contributed by atoms with Crippen LogP contribution in [0, 0.1) is 5.92 Å². The average molecular weight is 417 g/mol. The van der Waals surface area contributed by atoms with E-state index in [1.165, 1.54) is 6.92 Å². The van der Waals surface area contributed by atoms with Crippen LogP contribution in [-0.4, -0.2) is 47.6 Å². The van der Waals surface area contributed by atoms with Gasteiger partial charge in [-0.3, -0.25) is 19.4 Å². The fourth-order valence-electron chi connectivity index (χ4n) is 3.79. The number of hydrogen-bond donors (Lipinski definition) is 3. The van der Waals surface area contributed by atoms with Crippen LogP contribution >= 0.6 is 0 Å². The van der Waals surface area contributed by atoms with E-state index in [4.69, 9.17) is 0 Å². The minimum absolute atomic E-state index is 0.114. The van der Waals surface area contributed by atoms with E-state index in [2.05, 4.69) is 20.2 Å². The number of aromatic nitrogens is 2. The van der Waals surface area contributed by atoms with Crippen molar-refractivity contribution >= 4 is 33.3 Å². The zero-order chi connectivity index (χ0) is 20.9. The Labute approximate surface area is 168 Å². The van der Waals surface area contributed by atoms with Crippen LogP contribution < -0.4 is 10.0 Å². The first kappa shape index (κ1) is 19.4. The number of nitrogens with one attached hydrogen (secondary N) is 3. The molecule has 1 saturated carbocycles. The molecule has 2 aliphatic rings. The van der Waals surface area contributed by atoms with Gasteiger partial charge in [0.15, 0.2) is 5.82 Å². The Kier molecular flexibility index (Phi) is 4.60. The first-order valence-electron chi connectivity index (χ1n) is 9.41. The highest BCUT2D eigenvalue weighted by Gasteiger charge is 2.40. The van der Waals surface area contributed by atoms with Gasteiger partial charge in [0, 0.05) is 31.1 Å². The molecule has 0 bridgehead atoms. The number of amides is 2. The Morgan fingerprint density at radius 3 is 2.66 bits per heavy atom. The first-order chi connectivity index (χ1) is 13.6. The third-order valence-corrected chi connectivity index (χ3v) is 5.91. The molecule has 2 heterocycles. The summed E-state index contributed by atoms with van der Waals surface area (Å²) in [6.07, 6.45) is 3.28. The minimum atomic E-state index is -3.58. The quantitative estimate of drug-likeness (QED) is 0.664. The van der Waals surface area contributed by atoms with E-state index in [0.29, 0.717) is 35.1 Å². The molecule has 0 unspecified atom stereocenters. The summed E-state index contributed by atoms with van der Waals surface area (Å²) in [5.74, 6) is 0.477. The summed E-state index contributed by atoms with van der Waals surface area (Å²) in [5, 5.41) is 9.48. The molecule has 0 saturated heterocycles. The summed E-state index contributed by atoms with van der Waals surface area (Å²) in [6, 6.07) is 5.26. The average Bonchev–Trinajstić information content (AvgIpc) is 3.27. The lowest BCUT2D eigenvalue weighted by Crippen LogP contribution is -2.34. The topological polar surface area (TPSA) is 124 Å². The van der Waals surface area contributed by atoms with E-state index in [1.54, 1.807) is 12.1 Å². The molecule has 1 aromatic carbocycles. The lowest BCUT2D eigenvalue weighted by Gasteiger charge is -2.24. The Bertz CT molecular complexity index is 1100. The third-order valence-electron chi connectivity index (χ3n) is 5.32. The van der Waals surface area contributed by atoms with Crippen LogP contribution in [0.4, 0.5) is 11.5 Å². The molecule has 4 rings (SSSR count). The highest BCUT2D eigenvalue weighted by Crippen LogP contribution is 2.41. The fraction of sp³-hybridized carbons (Fsp3) is 0.421. The molecular weight excluding hydrogens is 394 g/mol. The molecule has 1 fully saturated rings. The summed E-state index contributed by atoms with van der Waals surface area (Å²) >= 11 is 0. The molecule has 9 nitrogen and oxygen atoms in total. The normalized spacial score (nSPS) is 17.2. The highest BCUT2D eigenvalue weighted by atomic mass is 32.2. The molecule has 10 heteroatoms. The molecule has 0 spiro atoms. The molecule has 2 aromatic rings. The molecule has 29 heavy (non-hydrogen) atoms. The van der Waals surface area contributed by atoms with E-state index >= 15 is 0 Å². The summed E-state index contributed by atoms with van der Waals surface area (Å²) in [7, 11) is -3.58. The van der Waals surface area contributed by atoms with Crippen LogP contribution in [-0.2, 0) is 21.4 Å². The number of anilines is 2. The molecule has 3 N–H and O–H groups in total. The van der Waals surface area contributed by atoms with Crippen molar-refractivity contribution in [1.29, 1.82) is 0 Å². The number of benzene rings is 1. The molecule has 0 radical (unpaired) electrons. The molecule has 1 aliphatic heterocycles. The lowest BCUT2D eigenvalue weighted by molar-refractivity contribution is -0.114. The Hall–Kier alpha value is -2.88. The van der Waals surface area contributed by atoms with Gasteiger partial charge >= 0.3 is 0 Å². The van der Waals surface area contributed by atoms with Crippen molar-refractivity contribution < 1.29 is 18.0 Å². The highest BCUT2D eigenvalue weighted by molar-refractivity contribution is 7.92. The van der Waals surface area contributed by atoms with E-state index in [0.717, 1.165) is 24.7 Å². The minimum Gasteiger partial charge on any atom is -0.331 e. The Balaban J connectivity index is 1.75. The van der Waals surface area contributed by atoms with Crippen LogP contribution in [0.1, 0.15) is 42.6 Å². The third kappa shape index (κ3) is 3.98. The van der Waals surface area contributed by atoms with E-state index < -0.39 is 10.0 Å². The fourth-order valence-corrected chi connectivity index (χ4v) is 4.35. The number of sulfonamides is 1. The number of carbonyl (C=O) groups excluding carboxylic acids is 2. The van der Waals surface area contributed by atoms with Crippen molar-refractivity contribution in [3.8, 4) is 11.3 Å². The second kappa shape index (κ2) is 6.87. The molecule has 1 atom stereocenters. The van der Waals surface area contributed by atoms with Gasteiger partial charge < -0.3 is 10.2 Å². The zero-order valence-corrected chi connectivity index (χ0v) is 17.3. The van der Waals surface area contributed by atoms with Crippen molar-refractivity contribution in [2.75, 3.05) is 16.3 Å². The van der Waals surface area contributed by atoms with Crippen LogP contribution in [0.5, 0.6) is 0 Å². The van der Waals surface area contributed by atoms with Crippen LogP contribution in [0.3, 0.4) is 0 Å². The van der Waals surface area contributed by atoms with Gasteiger partial charge in [-0.25, -0.2) is 8.42 Å². The molecule has 1 aromatic heterocycles. The summed E-state index contributed by atoms with van der Waals surface area (Å²) in [5.41, 5.74) is 2.70. The number of H-pyrrole nitrogens is 1. The van der Waals surface area contributed by atoms with E-state index in [-0.39, 0.29) is 23.5 Å². The largest absolute Gasteiger partial charge is 0.331 e. The molecule has 2 amide bonds. The Morgan fingerprint density at radius 1 is 1.31 bits per heavy atom. The van der Waals surface area contributed by atoms with Crippen LogP contribution in [0.2, 0.25) is 0 Å². The van der Waals surface area contributed by atoms with E-state index in [1.807, 2.05) is 17.9 Å². The number of rotatable bonds is 6. The SMILES string of the molecule is CC(=O)Nc1cc(-c2cc3c(c(NS(C)(=O)=O)c2)C(=O)N([C@@H](C)C2CC2)C3)[nH]n1. The van der Waals surface area contributed by atoms with Gasteiger partial charge in [0.2, 0.25) is 15.9 Å². The number of nitrogens with zero attached hydrogens (tertiary/aromatic N) is 2. The van der Waals surface area contributed by atoms with Crippen molar-refractivity contribution in [2.24, 2.45) is 5.92 Å². The van der Waals surface area contributed by atoms with Gasteiger partial charge in [-0.1, -0.05) is 0 Å². The van der Waals surface area contributed by atoms with Gasteiger partial charge in [-0.15, -0.1) is 0 Å². The van der Waals surface area contributed by atoms with Gasteiger partial charge in [-0.2, -0.15) is 5.10 Å². The second-order valence-corrected chi connectivity index (χ2v) is 9.54. The van der Waals surface area contributed by atoms with Gasteiger partial charge in [0.25, 0.3) is 5.91 Å². The molecule has 1 aliphatic carbocycles. The maximum atomic E-state index is 13.1. The first-order valence-corrected chi connectivity index (χ1v) is 11.3. The maximum Gasteiger partial charge on any atom is 0.256 e. The van der Waals surface area contributed by atoms with Crippen molar-refractivity contribution in [2.45, 2.75) is 39.3 Å². The predicted octanol–water partition coefficient (Wildman–Crippen LogP) is 2.16. The number of aromatic amines is 1.